The number of benzene rings is 1. The monoisotopic (exact) mass is 320 g/mol. The van der Waals surface area contributed by atoms with Crippen molar-refractivity contribution in [3.63, 3.8) is 0 Å². The number of nitrogens with one attached hydrogen (secondary N) is 1. The number of aryl methyl sites for hydroxylation is 1. The molecule has 0 radical (unpaired) electrons. The summed E-state index contributed by atoms with van der Waals surface area (Å²) in [6.45, 7) is 5.84. The van der Waals surface area contributed by atoms with E-state index in [-0.39, 0.29) is 0 Å². The molecule has 1 N–H and O–H groups in total. The van der Waals surface area contributed by atoms with Gasteiger partial charge in [-0.1, -0.05) is 19.1 Å². The Labute approximate surface area is 122 Å². The molecule has 1 heterocycles. The minimum Gasteiger partial charge on any atom is -0.438 e. The quantitative estimate of drug-likeness (QED) is 0.902. The SMILES string of the molecule is CCNCc1cc(C)nc(Oc2ccccc2Br)c1. The van der Waals surface area contributed by atoms with Gasteiger partial charge in [0, 0.05) is 18.3 Å². The molecule has 0 bridgehead atoms. The Morgan fingerprint density at radius 3 is 2.79 bits per heavy atom. The van der Waals surface area contributed by atoms with E-state index < -0.39 is 0 Å². The molecule has 2 rings (SSSR count). The fourth-order valence-corrected chi connectivity index (χ4v) is 2.14. The molecule has 3 nitrogen and oxygen atoms in total. The van der Waals surface area contributed by atoms with E-state index in [4.69, 9.17) is 4.74 Å². The summed E-state index contributed by atoms with van der Waals surface area (Å²) in [5, 5.41) is 3.30. The number of ether oxygens (including phenoxy) is 1. The Morgan fingerprint density at radius 1 is 1.26 bits per heavy atom. The van der Waals surface area contributed by atoms with Crippen LogP contribution in [0.2, 0.25) is 0 Å². The van der Waals surface area contributed by atoms with Crippen molar-refractivity contribution in [3.05, 3.63) is 52.1 Å². The number of para-hydroxylation sites is 1. The van der Waals surface area contributed by atoms with Crippen LogP contribution in [-0.4, -0.2) is 11.5 Å². The topological polar surface area (TPSA) is 34.2 Å². The van der Waals surface area contributed by atoms with Crippen molar-refractivity contribution in [1.29, 1.82) is 0 Å². The molecule has 0 unspecified atom stereocenters. The molecule has 1 aromatic heterocycles. The van der Waals surface area contributed by atoms with Crippen LogP contribution < -0.4 is 10.1 Å². The summed E-state index contributed by atoms with van der Waals surface area (Å²) in [4.78, 5) is 4.41. The van der Waals surface area contributed by atoms with Crippen molar-refractivity contribution in [2.75, 3.05) is 6.54 Å². The molecule has 1 aromatic carbocycles. The highest BCUT2D eigenvalue weighted by atomic mass is 79.9. The molecule has 0 saturated carbocycles. The second-order valence-corrected chi connectivity index (χ2v) is 5.12. The van der Waals surface area contributed by atoms with Crippen LogP contribution in [0.4, 0.5) is 0 Å². The molecule has 0 fully saturated rings. The van der Waals surface area contributed by atoms with Gasteiger partial charge in [-0.15, -0.1) is 0 Å². The summed E-state index contributed by atoms with van der Waals surface area (Å²) in [7, 11) is 0. The van der Waals surface area contributed by atoms with Gasteiger partial charge in [0.1, 0.15) is 5.75 Å². The highest BCUT2D eigenvalue weighted by molar-refractivity contribution is 9.10. The predicted octanol–water partition coefficient (Wildman–Crippen LogP) is 4.05. The van der Waals surface area contributed by atoms with Gasteiger partial charge in [-0.2, -0.15) is 0 Å². The molecule has 2 aromatic rings. The van der Waals surface area contributed by atoms with Crippen LogP contribution in [0.25, 0.3) is 0 Å². The maximum absolute atomic E-state index is 5.82. The first-order valence-electron chi connectivity index (χ1n) is 6.29. The maximum atomic E-state index is 5.82. The van der Waals surface area contributed by atoms with Gasteiger partial charge >= 0.3 is 0 Å². The van der Waals surface area contributed by atoms with Crippen molar-refractivity contribution in [3.8, 4) is 11.6 Å². The lowest BCUT2D eigenvalue weighted by molar-refractivity contribution is 0.457. The van der Waals surface area contributed by atoms with Crippen LogP contribution >= 0.6 is 15.9 Å². The smallest absolute Gasteiger partial charge is 0.219 e. The number of halogens is 1. The van der Waals surface area contributed by atoms with Crippen LogP contribution in [0, 0.1) is 6.92 Å². The van der Waals surface area contributed by atoms with Crippen LogP contribution in [0.3, 0.4) is 0 Å². The summed E-state index contributed by atoms with van der Waals surface area (Å²) in [6, 6.07) is 11.8. The summed E-state index contributed by atoms with van der Waals surface area (Å²) in [5.41, 5.74) is 2.13. The van der Waals surface area contributed by atoms with Gasteiger partial charge < -0.3 is 10.1 Å². The van der Waals surface area contributed by atoms with E-state index in [1.165, 1.54) is 5.56 Å². The predicted molar refractivity (Wildman–Crippen MR) is 80.6 cm³/mol. The lowest BCUT2D eigenvalue weighted by atomic mass is 10.2. The zero-order valence-corrected chi connectivity index (χ0v) is 12.7. The summed E-state index contributed by atoms with van der Waals surface area (Å²) >= 11 is 3.47. The summed E-state index contributed by atoms with van der Waals surface area (Å²) < 4.78 is 6.75. The molecule has 0 saturated heterocycles. The van der Waals surface area contributed by atoms with Gasteiger partial charge in [0.2, 0.25) is 5.88 Å². The van der Waals surface area contributed by atoms with Crippen molar-refractivity contribution in [1.82, 2.24) is 10.3 Å². The molecule has 0 amide bonds. The fraction of sp³-hybridized carbons (Fsp3) is 0.267. The molecule has 0 aliphatic carbocycles. The third kappa shape index (κ3) is 4.04. The first-order chi connectivity index (χ1) is 9.19. The Kier molecular flexibility index (Phi) is 4.93. The van der Waals surface area contributed by atoms with Crippen LogP contribution in [0.15, 0.2) is 40.9 Å². The molecular formula is C15H17BrN2O. The Morgan fingerprint density at radius 2 is 2.05 bits per heavy atom. The summed E-state index contributed by atoms with van der Waals surface area (Å²) in [6.07, 6.45) is 0. The first-order valence-corrected chi connectivity index (χ1v) is 7.09. The van der Waals surface area contributed by atoms with Gasteiger partial charge in [-0.3, -0.25) is 0 Å². The van der Waals surface area contributed by atoms with E-state index in [1.54, 1.807) is 0 Å². The molecule has 0 spiro atoms. The number of aromatic nitrogens is 1. The van der Waals surface area contributed by atoms with Crippen molar-refractivity contribution in [2.24, 2.45) is 0 Å². The zero-order valence-electron chi connectivity index (χ0n) is 11.1. The first kappa shape index (κ1) is 14.0. The van der Waals surface area contributed by atoms with Gasteiger partial charge in [0.05, 0.1) is 4.47 Å². The lowest BCUT2D eigenvalue weighted by Crippen LogP contribution is -2.12. The zero-order chi connectivity index (χ0) is 13.7. The van der Waals surface area contributed by atoms with E-state index in [9.17, 15) is 0 Å². The highest BCUT2D eigenvalue weighted by Crippen LogP contribution is 2.28. The molecule has 100 valence electrons. The van der Waals surface area contributed by atoms with Crippen LogP contribution in [0.5, 0.6) is 11.6 Å². The second kappa shape index (κ2) is 6.68. The summed E-state index contributed by atoms with van der Waals surface area (Å²) in [5.74, 6) is 1.40. The normalized spacial score (nSPS) is 10.5. The minimum atomic E-state index is 0.625. The molecule has 0 atom stereocenters. The van der Waals surface area contributed by atoms with Gasteiger partial charge in [-0.05, 0) is 53.2 Å². The highest BCUT2D eigenvalue weighted by Gasteiger charge is 2.05. The number of hydrogen-bond donors (Lipinski definition) is 1. The van der Waals surface area contributed by atoms with Crippen molar-refractivity contribution in [2.45, 2.75) is 20.4 Å². The molecule has 0 aliphatic rings. The molecular weight excluding hydrogens is 304 g/mol. The average molecular weight is 321 g/mol. The van der Waals surface area contributed by atoms with Gasteiger partial charge in [-0.25, -0.2) is 4.98 Å². The van der Waals surface area contributed by atoms with Gasteiger partial charge in [0.25, 0.3) is 0 Å². The Hall–Kier alpha value is -1.39. The fourth-order valence-electron chi connectivity index (χ4n) is 1.77. The third-order valence-corrected chi connectivity index (χ3v) is 3.28. The average Bonchev–Trinajstić information content (AvgIpc) is 2.38. The second-order valence-electron chi connectivity index (χ2n) is 4.27. The minimum absolute atomic E-state index is 0.625. The third-order valence-electron chi connectivity index (χ3n) is 2.62. The van der Waals surface area contributed by atoms with Crippen LogP contribution in [-0.2, 0) is 6.54 Å². The number of nitrogens with zero attached hydrogens (tertiary/aromatic N) is 1. The molecule has 0 aliphatic heterocycles. The number of pyridine rings is 1. The Balaban J connectivity index is 2.20. The molecule has 19 heavy (non-hydrogen) atoms. The maximum Gasteiger partial charge on any atom is 0.219 e. The standard InChI is InChI=1S/C15H17BrN2O/c1-3-17-10-12-8-11(2)18-15(9-12)19-14-7-5-4-6-13(14)16/h4-9,17H,3,10H2,1-2H3. The van der Waals surface area contributed by atoms with E-state index in [2.05, 4.69) is 39.2 Å². The van der Waals surface area contributed by atoms with Crippen molar-refractivity contribution < 1.29 is 4.74 Å². The van der Waals surface area contributed by atoms with Crippen molar-refractivity contribution >= 4 is 15.9 Å². The largest absolute Gasteiger partial charge is 0.438 e. The van der Waals surface area contributed by atoms with E-state index >= 15 is 0 Å². The number of rotatable bonds is 5. The molecule has 4 heteroatoms. The Bertz CT molecular complexity index is 558. The van der Waals surface area contributed by atoms with Gasteiger partial charge in [0.15, 0.2) is 0 Å². The van der Waals surface area contributed by atoms with Crippen LogP contribution in [0.1, 0.15) is 18.2 Å². The van der Waals surface area contributed by atoms with E-state index in [0.29, 0.717) is 5.88 Å². The van der Waals surface area contributed by atoms with E-state index in [1.807, 2.05) is 37.3 Å². The number of hydrogen-bond acceptors (Lipinski definition) is 3. The lowest BCUT2D eigenvalue weighted by Gasteiger charge is -2.09. The van der Waals surface area contributed by atoms with E-state index in [0.717, 1.165) is 29.0 Å².